The lowest BCUT2D eigenvalue weighted by Crippen LogP contribution is -2.13. The number of unbranched alkanes of at least 4 members (excludes halogenated alkanes) is 2. The lowest BCUT2D eigenvalue weighted by atomic mass is 9.82. The molecule has 4 heterocycles. The molecular formula is C54H36N4O2. The van der Waals surface area contributed by atoms with Crippen molar-refractivity contribution < 1.29 is 0 Å². The standard InChI is InChI=1S/C54H36N4O2/c1-3-5-7-27-9-23-41-43(25-27)57-51(55-41)37-19-15-33-29-11-14-32-36-18-22-40-50-38(52-56-42-24-10-28(8-6-4-2)26-44(42)58(52)54(40)60)20-16-34(48(36)50)30-12-13-31(45(29)46(30)32)35-17-21-39(53(57)59)49(37)47(33)35/h9-26H,3-8H2,1-2H3. The quantitative estimate of drug-likeness (QED) is 0.125. The van der Waals surface area contributed by atoms with E-state index in [2.05, 4.69) is 111 Å². The van der Waals surface area contributed by atoms with Crippen molar-refractivity contribution in [2.24, 2.45) is 0 Å². The summed E-state index contributed by atoms with van der Waals surface area (Å²) in [4.78, 5) is 39.3. The third kappa shape index (κ3) is 3.86. The molecule has 284 valence electrons. The molecule has 0 bridgehead atoms. The van der Waals surface area contributed by atoms with Crippen LogP contribution < -0.4 is 11.1 Å². The van der Waals surface area contributed by atoms with Gasteiger partial charge in [-0.05, 0) is 150 Å². The third-order valence-corrected chi connectivity index (χ3v) is 14.1. The van der Waals surface area contributed by atoms with Gasteiger partial charge in [-0.15, -0.1) is 0 Å². The third-order valence-electron chi connectivity index (χ3n) is 14.1. The van der Waals surface area contributed by atoms with Crippen LogP contribution in [-0.4, -0.2) is 18.8 Å². The zero-order chi connectivity index (χ0) is 39.7. The number of nitrogens with zero attached hydrogens (tertiary/aromatic N) is 4. The predicted molar refractivity (Wildman–Crippen MR) is 251 cm³/mol. The van der Waals surface area contributed by atoms with Gasteiger partial charge in [-0.3, -0.25) is 18.4 Å². The zero-order valence-electron chi connectivity index (χ0n) is 33.2. The van der Waals surface area contributed by atoms with Crippen LogP contribution in [0.2, 0.25) is 0 Å². The van der Waals surface area contributed by atoms with E-state index in [1.165, 1.54) is 43.4 Å². The van der Waals surface area contributed by atoms with Gasteiger partial charge in [0.2, 0.25) is 0 Å². The topological polar surface area (TPSA) is 68.7 Å². The largest absolute Gasteiger partial charge is 0.268 e. The Balaban J connectivity index is 1.07. The Hall–Kier alpha value is -7.18. The van der Waals surface area contributed by atoms with Crippen LogP contribution in [0.15, 0.2) is 119 Å². The molecule has 14 rings (SSSR count). The Kier molecular flexibility index (Phi) is 6.17. The van der Waals surface area contributed by atoms with Crippen LogP contribution in [0, 0.1) is 0 Å². The number of pyridine rings is 2. The van der Waals surface area contributed by atoms with Crippen molar-refractivity contribution in [1.29, 1.82) is 0 Å². The van der Waals surface area contributed by atoms with Gasteiger partial charge in [0.05, 0.1) is 22.1 Å². The predicted octanol–water partition coefficient (Wildman–Crippen LogP) is 12.8. The smallest absolute Gasteiger partial charge is 0.264 e. The van der Waals surface area contributed by atoms with Crippen molar-refractivity contribution in [3.63, 3.8) is 0 Å². The molecule has 0 saturated carbocycles. The number of hydrogen-bond donors (Lipinski definition) is 0. The first-order valence-electron chi connectivity index (χ1n) is 21.5. The maximum Gasteiger partial charge on any atom is 0.264 e. The fourth-order valence-electron chi connectivity index (χ4n) is 11.3. The van der Waals surface area contributed by atoms with Crippen molar-refractivity contribution in [1.82, 2.24) is 18.8 Å². The molecule has 0 amide bonds. The van der Waals surface area contributed by atoms with Crippen molar-refractivity contribution in [3.8, 4) is 0 Å². The first-order valence-corrected chi connectivity index (χ1v) is 21.5. The lowest BCUT2D eigenvalue weighted by Gasteiger charge is -2.21. The summed E-state index contributed by atoms with van der Waals surface area (Å²) in [5, 5.41) is 19.3. The fraction of sp³-hybridized carbons (Fsp3) is 0.148. The fourth-order valence-corrected chi connectivity index (χ4v) is 11.3. The number of fused-ring (bicyclic) bond motifs is 12. The highest BCUT2D eigenvalue weighted by molar-refractivity contribution is 6.45. The Morgan fingerprint density at radius 1 is 0.383 bits per heavy atom. The second-order valence-electron chi connectivity index (χ2n) is 17.2. The van der Waals surface area contributed by atoms with E-state index in [1.54, 1.807) is 0 Å². The summed E-state index contributed by atoms with van der Waals surface area (Å²) >= 11 is 0. The van der Waals surface area contributed by atoms with Gasteiger partial charge >= 0.3 is 0 Å². The number of rotatable bonds is 6. The average Bonchev–Trinajstić information content (AvgIpc) is 3.86. The second kappa shape index (κ2) is 11.3. The van der Waals surface area contributed by atoms with Crippen molar-refractivity contribution in [3.05, 3.63) is 141 Å². The Labute approximate surface area is 341 Å². The van der Waals surface area contributed by atoms with Crippen LogP contribution in [0.1, 0.15) is 50.7 Å². The van der Waals surface area contributed by atoms with Crippen LogP contribution in [-0.2, 0) is 12.8 Å². The van der Waals surface area contributed by atoms with Gasteiger partial charge in [-0.2, -0.15) is 0 Å². The van der Waals surface area contributed by atoms with Crippen LogP contribution >= 0.6 is 0 Å². The van der Waals surface area contributed by atoms with Crippen LogP contribution in [0.5, 0.6) is 0 Å². The maximum absolute atomic E-state index is 14.6. The summed E-state index contributed by atoms with van der Waals surface area (Å²) in [6.45, 7) is 4.41. The summed E-state index contributed by atoms with van der Waals surface area (Å²) < 4.78 is 3.68. The van der Waals surface area contributed by atoms with Gasteiger partial charge in [-0.25, -0.2) is 9.97 Å². The molecule has 0 aliphatic heterocycles. The van der Waals surface area contributed by atoms with E-state index in [0.717, 1.165) is 137 Å². The Morgan fingerprint density at radius 2 is 0.683 bits per heavy atom. The summed E-state index contributed by atoms with van der Waals surface area (Å²) in [6, 6.07) is 39.1. The maximum atomic E-state index is 14.6. The molecule has 0 fully saturated rings. The van der Waals surface area contributed by atoms with Gasteiger partial charge < -0.3 is 0 Å². The Bertz CT molecular complexity index is 3960. The molecule has 14 aromatic rings. The first-order chi connectivity index (χ1) is 29.5. The summed E-state index contributed by atoms with van der Waals surface area (Å²) in [5.41, 5.74) is 7.33. The van der Waals surface area contributed by atoms with Gasteiger partial charge in [0, 0.05) is 32.3 Å². The normalized spacial score (nSPS) is 13.0. The van der Waals surface area contributed by atoms with Crippen molar-refractivity contribution in [2.45, 2.75) is 52.4 Å². The second-order valence-corrected chi connectivity index (χ2v) is 17.2. The zero-order valence-corrected chi connectivity index (χ0v) is 33.2. The molecule has 0 N–H and O–H groups in total. The van der Waals surface area contributed by atoms with Gasteiger partial charge in [0.25, 0.3) is 11.1 Å². The summed E-state index contributed by atoms with van der Waals surface area (Å²) in [5.74, 6) is 0. The molecule has 10 aromatic carbocycles. The van der Waals surface area contributed by atoms with Gasteiger partial charge in [0.15, 0.2) is 0 Å². The van der Waals surface area contributed by atoms with E-state index in [-0.39, 0.29) is 11.1 Å². The van der Waals surface area contributed by atoms with Crippen LogP contribution in [0.3, 0.4) is 0 Å². The van der Waals surface area contributed by atoms with Crippen LogP contribution in [0.25, 0.3) is 130 Å². The molecular weight excluding hydrogens is 737 g/mol. The SMILES string of the molecule is CCCCc1ccc2nc3c4ccc5c6ccc7c8ccc9c(=O)n%10c%11cc(CCCC)ccc%11nc%10c%10ccc(c%11ccc(c%12ccc(c(=O)n3c2c1)c4c%125)c6c7%11)c8c9%10. The minimum Gasteiger partial charge on any atom is -0.268 e. The Morgan fingerprint density at radius 3 is 1.02 bits per heavy atom. The molecule has 0 unspecified atom stereocenters. The molecule has 60 heavy (non-hydrogen) atoms. The molecule has 0 aliphatic rings. The number of aromatic nitrogens is 4. The van der Waals surface area contributed by atoms with Crippen LogP contribution in [0.4, 0.5) is 0 Å². The molecule has 0 radical (unpaired) electrons. The summed E-state index contributed by atoms with van der Waals surface area (Å²) in [6.07, 6.45) is 6.45. The molecule has 6 nitrogen and oxygen atoms in total. The number of hydrogen-bond acceptors (Lipinski definition) is 4. The highest BCUT2D eigenvalue weighted by atomic mass is 16.1. The average molecular weight is 773 g/mol. The van der Waals surface area contributed by atoms with E-state index >= 15 is 0 Å². The molecule has 4 aromatic heterocycles. The molecule has 0 spiro atoms. The lowest BCUT2D eigenvalue weighted by molar-refractivity contribution is 0.795. The van der Waals surface area contributed by atoms with E-state index in [1.807, 2.05) is 20.9 Å². The van der Waals surface area contributed by atoms with Gasteiger partial charge in [0.1, 0.15) is 11.3 Å². The molecule has 0 saturated heterocycles. The molecule has 0 atom stereocenters. The minimum atomic E-state index is -0.0187. The van der Waals surface area contributed by atoms with E-state index in [4.69, 9.17) is 9.97 Å². The number of aryl methyl sites for hydroxylation is 2. The minimum absolute atomic E-state index is 0.0187. The molecule has 6 heteroatoms. The van der Waals surface area contributed by atoms with E-state index in [9.17, 15) is 9.59 Å². The monoisotopic (exact) mass is 772 g/mol. The first kappa shape index (κ1) is 32.7. The molecule has 0 aliphatic carbocycles. The van der Waals surface area contributed by atoms with Gasteiger partial charge in [-0.1, -0.05) is 87.4 Å². The van der Waals surface area contributed by atoms with E-state index in [0.29, 0.717) is 0 Å². The summed E-state index contributed by atoms with van der Waals surface area (Å²) in [7, 11) is 0. The van der Waals surface area contributed by atoms with E-state index < -0.39 is 0 Å². The van der Waals surface area contributed by atoms with Crippen molar-refractivity contribution >= 4 is 130 Å². The number of benzene rings is 10. The highest BCUT2D eigenvalue weighted by Gasteiger charge is 2.25. The number of imidazole rings is 2. The van der Waals surface area contributed by atoms with Crippen molar-refractivity contribution in [2.75, 3.05) is 0 Å². The highest BCUT2D eigenvalue weighted by Crippen LogP contribution is 2.49.